The second kappa shape index (κ2) is 9.58. The molecule has 158 valence electrons. The highest BCUT2D eigenvalue weighted by Crippen LogP contribution is 2.28. The highest BCUT2D eigenvalue weighted by Gasteiger charge is 2.17. The molecule has 0 saturated heterocycles. The molecule has 1 N–H and O–H groups in total. The second-order valence-electron chi connectivity index (χ2n) is 7.01. The number of nitrogens with one attached hydrogen (secondary N) is 1. The Kier molecular flexibility index (Phi) is 6.23. The normalized spacial score (nSPS) is 10.4. The Labute approximate surface area is 184 Å². The second-order valence-corrected chi connectivity index (χ2v) is 7.01. The van der Waals surface area contributed by atoms with Gasteiger partial charge in [-0.3, -0.25) is 4.79 Å². The molecule has 0 atom stereocenters. The average Bonchev–Trinajstić information content (AvgIpc) is 3.20. The molecule has 1 amide bonds. The number of halogens is 1. The largest absolute Gasteiger partial charge is 0.482 e. The van der Waals surface area contributed by atoms with Gasteiger partial charge in [-0.1, -0.05) is 42.5 Å². The summed E-state index contributed by atoms with van der Waals surface area (Å²) >= 11 is 0. The molecule has 0 aliphatic rings. The zero-order valence-corrected chi connectivity index (χ0v) is 17.0. The van der Waals surface area contributed by atoms with E-state index in [1.54, 1.807) is 42.7 Å². The van der Waals surface area contributed by atoms with Crippen molar-refractivity contribution < 1.29 is 13.9 Å². The van der Waals surface area contributed by atoms with Crippen LogP contribution in [0.25, 0.3) is 11.3 Å². The van der Waals surface area contributed by atoms with Crippen LogP contribution in [-0.4, -0.2) is 22.1 Å². The van der Waals surface area contributed by atoms with Crippen LogP contribution in [0, 0.1) is 17.1 Å². The molecule has 0 aliphatic carbocycles. The van der Waals surface area contributed by atoms with Crippen LogP contribution in [0.1, 0.15) is 11.1 Å². The van der Waals surface area contributed by atoms with Crippen molar-refractivity contribution in [3.63, 3.8) is 0 Å². The quantitative estimate of drug-likeness (QED) is 0.467. The number of amides is 1. The molecule has 0 fully saturated rings. The third-order valence-corrected chi connectivity index (χ3v) is 4.78. The van der Waals surface area contributed by atoms with E-state index in [0.29, 0.717) is 34.9 Å². The third-order valence-electron chi connectivity index (χ3n) is 4.78. The number of ether oxygens (including phenoxy) is 1. The van der Waals surface area contributed by atoms with Crippen LogP contribution in [0.4, 0.5) is 10.2 Å². The molecule has 0 aliphatic heterocycles. The lowest BCUT2D eigenvalue weighted by molar-refractivity contribution is -0.118. The fourth-order valence-corrected chi connectivity index (χ4v) is 3.23. The first-order valence-electron chi connectivity index (χ1n) is 9.91. The van der Waals surface area contributed by atoms with E-state index in [1.807, 2.05) is 41.0 Å². The first-order chi connectivity index (χ1) is 15.6. The summed E-state index contributed by atoms with van der Waals surface area (Å²) in [7, 11) is 0. The van der Waals surface area contributed by atoms with Crippen LogP contribution >= 0.6 is 0 Å². The summed E-state index contributed by atoms with van der Waals surface area (Å²) in [4.78, 5) is 17.2. The van der Waals surface area contributed by atoms with Gasteiger partial charge in [0.05, 0.1) is 18.4 Å². The van der Waals surface area contributed by atoms with Crippen molar-refractivity contribution in [2.75, 3.05) is 11.9 Å². The van der Waals surface area contributed by atoms with Gasteiger partial charge >= 0.3 is 0 Å². The summed E-state index contributed by atoms with van der Waals surface area (Å²) in [6, 6.07) is 24.4. The van der Waals surface area contributed by atoms with E-state index in [2.05, 4.69) is 10.3 Å². The van der Waals surface area contributed by atoms with Crippen LogP contribution in [0.3, 0.4) is 0 Å². The third kappa shape index (κ3) is 4.82. The first-order valence-corrected chi connectivity index (χ1v) is 9.91. The number of aromatic nitrogens is 2. The average molecular weight is 426 g/mol. The summed E-state index contributed by atoms with van der Waals surface area (Å²) in [5.74, 6) is 0.0489. The lowest BCUT2D eigenvalue weighted by Gasteiger charge is -2.13. The van der Waals surface area contributed by atoms with E-state index in [4.69, 9.17) is 4.74 Å². The number of imidazole rings is 1. The molecule has 1 heterocycles. The molecule has 0 bridgehead atoms. The fourth-order valence-electron chi connectivity index (χ4n) is 3.23. The van der Waals surface area contributed by atoms with E-state index in [9.17, 15) is 14.4 Å². The van der Waals surface area contributed by atoms with Gasteiger partial charge in [0.2, 0.25) is 0 Å². The molecular formula is C25H19FN4O2. The van der Waals surface area contributed by atoms with Crippen molar-refractivity contribution in [2.45, 2.75) is 6.54 Å². The number of nitriles is 1. The fraction of sp³-hybridized carbons (Fsp3) is 0.0800. The molecule has 0 unspecified atom stereocenters. The minimum absolute atomic E-state index is 0.280. The van der Waals surface area contributed by atoms with Crippen molar-refractivity contribution in [2.24, 2.45) is 0 Å². The molecule has 7 heteroatoms. The number of anilines is 1. The number of hydrogen-bond donors (Lipinski definition) is 1. The van der Waals surface area contributed by atoms with Gasteiger partial charge < -0.3 is 14.6 Å². The van der Waals surface area contributed by atoms with Crippen LogP contribution in [-0.2, 0) is 11.3 Å². The topological polar surface area (TPSA) is 79.9 Å². The van der Waals surface area contributed by atoms with Crippen molar-refractivity contribution in [1.29, 1.82) is 5.26 Å². The highest BCUT2D eigenvalue weighted by molar-refractivity contribution is 5.94. The summed E-state index contributed by atoms with van der Waals surface area (Å²) in [5.41, 5.74) is 2.57. The Hall–Kier alpha value is -4.44. The van der Waals surface area contributed by atoms with Crippen molar-refractivity contribution in [3.05, 3.63) is 102 Å². The van der Waals surface area contributed by atoms with Crippen LogP contribution in [0.2, 0.25) is 0 Å². The molecule has 0 saturated carbocycles. The van der Waals surface area contributed by atoms with E-state index in [-0.39, 0.29) is 12.4 Å². The standard InChI is InChI=1S/C25H19FN4O2/c26-21-12-10-19(11-13-21)24-25(30(17-28-24)15-18-6-2-1-3-7-18)29-23(31)16-32-22-9-5-4-8-20(22)14-27/h1-13,17H,15-16H2,(H,29,31). The van der Waals surface area contributed by atoms with Gasteiger partial charge in [0.25, 0.3) is 5.91 Å². The van der Waals surface area contributed by atoms with Gasteiger partial charge in [-0.15, -0.1) is 0 Å². The number of benzene rings is 3. The maximum Gasteiger partial charge on any atom is 0.263 e. The minimum atomic E-state index is -0.407. The van der Waals surface area contributed by atoms with Crippen molar-refractivity contribution >= 4 is 11.7 Å². The summed E-state index contributed by atoms with van der Waals surface area (Å²) in [6.07, 6.45) is 1.63. The number of para-hydroxylation sites is 1. The molecular weight excluding hydrogens is 407 g/mol. The number of nitrogens with zero attached hydrogens (tertiary/aromatic N) is 3. The maximum absolute atomic E-state index is 13.4. The smallest absolute Gasteiger partial charge is 0.263 e. The summed E-state index contributed by atoms with van der Waals surface area (Å²) in [6.45, 7) is 0.209. The molecule has 3 aromatic carbocycles. The van der Waals surface area contributed by atoms with E-state index >= 15 is 0 Å². The van der Waals surface area contributed by atoms with Gasteiger partial charge in [-0.05, 0) is 42.0 Å². The van der Waals surface area contributed by atoms with Gasteiger partial charge in [-0.2, -0.15) is 5.26 Å². The van der Waals surface area contributed by atoms with E-state index < -0.39 is 5.91 Å². The molecule has 0 spiro atoms. The predicted molar refractivity (Wildman–Crippen MR) is 118 cm³/mol. The van der Waals surface area contributed by atoms with Gasteiger partial charge in [-0.25, -0.2) is 9.37 Å². The Morgan fingerprint density at radius 3 is 2.50 bits per heavy atom. The molecule has 1 aromatic heterocycles. The molecule has 32 heavy (non-hydrogen) atoms. The van der Waals surface area contributed by atoms with Crippen LogP contribution in [0.5, 0.6) is 5.75 Å². The van der Waals surface area contributed by atoms with Crippen molar-refractivity contribution in [3.8, 4) is 23.1 Å². The Bertz CT molecular complexity index is 1260. The van der Waals surface area contributed by atoms with Crippen molar-refractivity contribution in [1.82, 2.24) is 9.55 Å². The number of rotatable bonds is 7. The number of carbonyl (C=O) groups is 1. The first kappa shape index (κ1) is 20.8. The zero-order valence-electron chi connectivity index (χ0n) is 17.0. The molecule has 6 nitrogen and oxygen atoms in total. The minimum Gasteiger partial charge on any atom is -0.482 e. The summed E-state index contributed by atoms with van der Waals surface area (Å²) in [5, 5.41) is 12.0. The summed E-state index contributed by atoms with van der Waals surface area (Å²) < 4.78 is 20.8. The monoisotopic (exact) mass is 426 g/mol. The Morgan fingerprint density at radius 1 is 1.03 bits per heavy atom. The lowest BCUT2D eigenvalue weighted by atomic mass is 10.1. The SMILES string of the molecule is N#Cc1ccccc1OCC(=O)Nc1c(-c2ccc(F)cc2)ncn1Cc1ccccc1. The van der Waals surface area contributed by atoms with E-state index in [1.165, 1.54) is 12.1 Å². The number of hydrogen-bond acceptors (Lipinski definition) is 4. The van der Waals surface area contributed by atoms with Gasteiger partial charge in [0, 0.05) is 5.56 Å². The highest BCUT2D eigenvalue weighted by atomic mass is 19.1. The predicted octanol–water partition coefficient (Wildman–Crippen LogP) is 4.63. The van der Waals surface area contributed by atoms with Crippen LogP contribution in [0.15, 0.2) is 85.2 Å². The van der Waals surface area contributed by atoms with Crippen LogP contribution < -0.4 is 10.1 Å². The number of carbonyl (C=O) groups excluding carboxylic acids is 1. The maximum atomic E-state index is 13.4. The Morgan fingerprint density at radius 2 is 1.75 bits per heavy atom. The van der Waals surface area contributed by atoms with E-state index in [0.717, 1.165) is 5.56 Å². The molecule has 4 aromatic rings. The molecule has 0 radical (unpaired) electrons. The Balaban J connectivity index is 1.58. The van der Waals surface area contributed by atoms with Gasteiger partial charge in [0.15, 0.2) is 6.61 Å². The van der Waals surface area contributed by atoms with Gasteiger partial charge in [0.1, 0.15) is 29.1 Å². The zero-order chi connectivity index (χ0) is 22.3. The lowest BCUT2D eigenvalue weighted by Crippen LogP contribution is -2.22. The molecule has 4 rings (SSSR count).